The van der Waals surface area contributed by atoms with Gasteiger partial charge in [0.05, 0.1) is 15.6 Å². The van der Waals surface area contributed by atoms with Crippen molar-refractivity contribution in [3.8, 4) is 0 Å². The Balaban J connectivity index is 2.09. The van der Waals surface area contributed by atoms with Crippen LogP contribution in [0.4, 0.5) is 0 Å². The van der Waals surface area contributed by atoms with E-state index in [0.717, 1.165) is 19.3 Å². The molecular formula is C14H16BrCl2NO. The predicted octanol–water partition coefficient (Wildman–Crippen LogP) is 4.82. The van der Waals surface area contributed by atoms with E-state index >= 15 is 0 Å². The summed E-state index contributed by atoms with van der Waals surface area (Å²) < 4.78 is 0. The van der Waals surface area contributed by atoms with Gasteiger partial charge in [-0.15, -0.1) is 0 Å². The van der Waals surface area contributed by atoms with E-state index in [-0.39, 0.29) is 11.9 Å². The molecule has 1 N–H and O–H groups in total. The molecule has 0 aromatic heterocycles. The third-order valence-corrected chi connectivity index (χ3v) is 5.36. The number of benzene rings is 1. The zero-order valence-corrected chi connectivity index (χ0v) is 13.6. The van der Waals surface area contributed by atoms with Crippen LogP contribution in [0.1, 0.15) is 42.5 Å². The molecule has 0 bridgehead atoms. The average molecular weight is 365 g/mol. The van der Waals surface area contributed by atoms with E-state index < -0.39 is 0 Å². The largest absolute Gasteiger partial charge is 0.348 e. The number of hydrogen-bond donors (Lipinski definition) is 1. The van der Waals surface area contributed by atoms with Gasteiger partial charge in [-0.1, -0.05) is 64.5 Å². The van der Waals surface area contributed by atoms with Crippen LogP contribution in [-0.4, -0.2) is 16.8 Å². The van der Waals surface area contributed by atoms with Gasteiger partial charge in [-0.2, -0.15) is 0 Å². The predicted molar refractivity (Wildman–Crippen MR) is 83.5 cm³/mol. The molecule has 104 valence electrons. The first-order valence-electron chi connectivity index (χ1n) is 6.48. The first kappa shape index (κ1) is 15.1. The van der Waals surface area contributed by atoms with Gasteiger partial charge in [0.1, 0.15) is 0 Å². The fourth-order valence-corrected chi connectivity index (χ4v) is 3.46. The number of halogens is 3. The third kappa shape index (κ3) is 3.87. The van der Waals surface area contributed by atoms with Gasteiger partial charge < -0.3 is 5.32 Å². The molecule has 1 aromatic carbocycles. The molecule has 19 heavy (non-hydrogen) atoms. The van der Waals surface area contributed by atoms with Crippen molar-refractivity contribution in [3.63, 3.8) is 0 Å². The van der Waals surface area contributed by atoms with Crippen LogP contribution in [0.2, 0.25) is 10.0 Å². The molecule has 1 fully saturated rings. The molecule has 0 radical (unpaired) electrons. The molecule has 5 heteroatoms. The summed E-state index contributed by atoms with van der Waals surface area (Å²) >= 11 is 15.7. The lowest BCUT2D eigenvalue weighted by atomic mass is 10.1. The van der Waals surface area contributed by atoms with Gasteiger partial charge in [0, 0.05) is 10.9 Å². The molecular weight excluding hydrogens is 349 g/mol. The molecule has 1 aromatic rings. The van der Waals surface area contributed by atoms with Crippen molar-refractivity contribution in [1.82, 2.24) is 5.32 Å². The Morgan fingerprint density at radius 1 is 1.21 bits per heavy atom. The summed E-state index contributed by atoms with van der Waals surface area (Å²) in [4.78, 5) is 12.6. The highest BCUT2D eigenvalue weighted by molar-refractivity contribution is 9.09. The van der Waals surface area contributed by atoms with E-state index in [9.17, 15) is 4.79 Å². The summed E-state index contributed by atoms with van der Waals surface area (Å²) in [6, 6.07) is 5.27. The minimum atomic E-state index is -0.149. The normalized spacial score (nSPS) is 23.7. The molecule has 0 spiro atoms. The summed E-state index contributed by atoms with van der Waals surface area (Å²) in [7, 11) is 0. The number of alkyl halides is 1. The van der Waals surface area contributed by atoms with E-state index in [4.69, 9.17) is 23.2 Å². The Hall–Kier alpha value is -0.250. The minimum Gasteiger partial charge on any atom is -0.348 e. The summed E-state index contributed by atoms with van der Waals surface area (Å²) in [5, 5.41) is 3.79. The maximum atomic E-state index is 12.3. The van der Waals surface area contributed by atoms with E-state index in [0.29, 0.717) is 20.4 Å². The zero-order chi connectivity index (χ0) is 13.8. The maximum Gasteiger partial charge on any atom is 0.253 e. The molecule has 0 heterocycles. The molecule has 2 unspecified atom stereocenters. The fourth-order valence-electron chi connectivity index (χ4n) is 2.35. The van der Waals surface area contributed by atoms with Crippen LogP contribution in [0, 0.1) is 0 Å². The van der Waals surface area contributed by atoms with Crippen molar-refractivity contribution in [2.45, 2.75) is 43.0 Å². The average Bonchev–Trinajstić information content (AvgIpc) is 2.58. The number of hydrogen-bond acceptors (Lipinski definition) is 1. The number of carbonyl (C=O) groups excluding carboxylic acids is 1. The highest BCUT2D eigenvalue weighted by atomic mass is 79.9. The number of rotatable bonds is 2. The maximum absolute atomic E-state index is 12.3. The molecule has 1 amide bonds. The van der Waals surface area contributed by atoms with Crippen LogP contribution in [0.15, 0.2) is 18.2 Å². The molecule has 2 nitrogen and oxygen atoms in total. The van der Waals surface area contributed by atoms with Crippen LogP contribution in [0.5, 0.6) is 0 Å². The van der Waals surface area contributed by atoms with Crippen molar-refractivity contribution in [1.29, 1.82) is 0 Å². The van der Waals surface area contributed by atoms with Crippen LogP contribution in [-0.2, 0) is 0 Å². The van der Waals surface area contributed by atoms with Crippen molar-refractivity contribution < 1.29 is 4.79 Å². The monoisotopic (exact) mass is 363 g/mol. The number of carbonyl (C=O) groups is 1. The smallest absolute Gasteiger partial charge is 0.253 e. The second-order valence-corrected chi connectivity index (χ2v) is 6.80. The standard InChI is InChI=1S/C14H16BrCl2NO/c15-10-6-2-1-3-8-12(10)18-14(19)9-5-4-7-11(16)13(9)17/h4-5,7,10,12H,1-3,6,8H2,(H,18,19). The second kappa shape index (κ2) is 6.96. The Labute approximate surface area is 132 Å². The molecule has 1 aliphatic carbocycles. The fraction of sp³-hybridized carbons (Fsp3) is 0.500. The lowest BCUT2D eigenvalue weighted by Gasteiger charge is -2.21. The molecule has 0 saturated heterocycles. The van der Waals surface area contributed by atoms with Crippen LogP contribution >= 0.6 is 39.1 Å². The molecule has 1 saturated carbocycles. The summed E-state index contributed by atoms with van der Waals surface area (Å²) in [5.41, 5.74) is 0.443. The van der Waals surface area contributed by atoms with Crippen molar-refractivity contribution in [2.75, 3.05) is 0 Å². The van der Waals surface area contributed by atoms with Crippen molar-refractivity contribution >= 4 is 45.0 Å². The van der Waals surface area contributed by atoms with Gasteiger partial charge in [0.2, 0.25) is 0 Å². The summed E-state index contributed by atoms with van der Waals surface area (Å²) in [6.07, 6.45) is 5.68. The highest BCUT2D eigenvalue weighted by Gasteiger charge is 2.24. The second-order valence-electron chi connectivity index (χ2n) is 4.84. The summed E-state index contributed by atoms with van der Waals surface area (Å²) in [5.74, 6) is -0.149. The van der Waals surface area contributed by atoms with Crippen molar-refractivity contribution in [3.05, 3.63) is 33.8 Å². The van der Waals surface area contributed by atoms with E-state index in [1.54, 1.807) is 18.2 Å². The van der Waals surface area contributed by atoms with Crippen LogP contribution in [0.3, 0.4) is 0 Å². The molecule has 2 atom stereocenters. The Bertz CT molecular complexity index is 467. The van der Waals surface area contributed by atoms with E-state index in [2.05, 4.69) is 21.2 Å². The lowest BCUT2D eigenvalue weighted by molar-refractivity contribution is 0.0935. The first-order valence-corrected chi connectivity index (χ1v) is 8.15. The topological polar surface area (TPSA) is 29.1 Å². The van der Waals surface area contributed by atoms with Gasteiger partial charge in [-0.3, -0.25) is 4.79 Å². The molecule has 1 aliphatic rings. The Morgan fingerprint density at radius 2 is 1.95 bits per heavy atom. The third-order valence-electron chi connectivity index (χ3n) is 3.44. The van der Waals surface area contributed by atoms with Gasteiger partial charge >= 0.3 is 0 Å². The van der Waals surface area contributed by atoms with Gasteiger partial charge in [0.25, 0.3) is 5.91 Å². The lowest BCUT2D eigenvalue weighted by Crippen LogP contribution is -2.40. The Kier molecular flexibility index (Phi) is 5.55. The van der Waals surface area contributed by atoms with Crippen LogP contribution in [0.25, 0.3) is 0 Å². The van der Waals surface area contributed by atoms with E-state index in [1.165, 1.54) is 12.8 Å². The van der Waals surface area contributed by atoms with Crippen LogP contribution < -0.4 is 5.32 Å². The van der Waals surface area contributed by atoms with Gasteiger partial charge in [0.15, 0.2) is 0 Å². The van der Waals surface area contributed by atoms with Gasteiger partial charge in [-0.25, -0.2) is 0 Å². The number of amides is 1. The molecule has 2 rings (SSSR count). The zero-order valence-electron chi connectivity index (χ0n) is 10.5. The first-order chi connectivity index (χ1) is 9.09. The SMILES string of the molecule is O=C(NC1CCCCCC1Br)c1cccc(Cl)c1Cl. The minimum absolute atomic E-state index is 0.149. The molecule has 0 aliphatic heterocycles. The highest BCUT2D eigenvalue weighted by Crippen LogP contribution is 2.27. The summed E-state index contributed by atoms with van der Waals surface area (Å²) in [6.45, 7) is 0. The van der Waals surface area contributed by atoms with E-state index in [1.807, 2.05) is 0 Å². The van der Waals surface area contributed by atoms with Gasteiger partial charge in [-0.05, 0) is 25.0 Å². The Morgan fingerprint density at radius 3 is 2.74 bits per heavy atom. The number of nitrogens with one attached hydrogen (secondary N) is 1. The quantitative estimate of drug-likeness (QED) is 0.591. The van der Waals surface area contributed by atoms with Crippen molar-refractivity contribution in [2.24, 2.45) is 0 Å².